The zero-order valence-corrected chi connectivity index (χ0v) is 25.2. The SMILES string of the molecule is CC(C)n1cc2ccnc(-c3cn(C4CC(CNc5ccc6c(c5)C(=O)N(C5CCC(=O)NC5=O)C6=O)C4)nc3C3CC3)c2n1. The number of piperidine rings is 1. The normalized spacial score (nSPS) is 23.1. The monoisotopic (exact) mass is 606 g/mol. The molecule has 230 valence electrons. The lowest BCUT2D eigenvalue weighted by Crippen LogP contribution is -2.54. The maximum Gasteiger partial charge on any atom is 0.262 e. The highest BCUT2D eigenvalue weighted by Crippen LogP contribution is 2.46. The lowest BCUT2D eigenvalue weighted by atomic mass is 9.80. The predicted molar refractivity (Wildman–Crippen MR) is 164 cm³/mol. The number of amides is 4. The molecule has 2 saturated carbocycles. The minimum Gasteiger partial charge on any atom is -0.385 e. The summed E-state index contributed by atoms with van der Waals surface area (Å²) in [5, 5.41) is 16.7. The Morgan fingerprint density at radius 3 is 2.51 bits per heavy atom. The molecule has 2 N–H and O–H groups in total. The van der Waals surface area contributed by atoms with E-state index in [1.54, 1.807) is 18.2 Å². The van der Waals surface area contributed by atoms with E-state index < -0.39 is 29.7 Å². The molecule has 45 heavy (non-hydrogen) atoms. The molecule has 4 aliphatic rings. The second kappa shape index (κ2) is 10.4. The lowest BCUT2D eigenvalue weighted by molar-refractivity contribution is -0.136. The summed E-state index contributed by atoms with van der Waals surface area (Å²) >= 11 is 0. The van der Waals surface area contributed by atoms with Gasteiger partial charge in [0.25, 0.3) is 11.8 Å². The number of carbonyl (C=O) groups excluding carboxylic acids is 4. The summed E-state index contributed by atoms with van der Waals surface area (Å²) < 4.78 is 4.12. The topological polar surface area (TPSA) is 144 Å². The van der Waals surface area contributed by atoms with Crippen molar-refractivity contribution in [3.63, 3.8) is 0 Å². The Hall–Kier alpha value is -4.87. The van der Waals surface area contributed by atoms with Crippen LogP contribution >= 0.6 is 0 Å². The van der Waals surface area contributed by atoms with Crippen molar-refractivity contribution in [1.82, 2.24) is 34.8 Å². The van der Waals surface area contributed by atoms with Crippen LogP contribution in [-0.2, 0) is 9.59 Å². The third-order valence-electron chi connectivity index (χ3n) is 9.57. The molecule has 4 aromatic rings. The molecule has 1 atom stereocenters. The van der Waals surface area contributed by atoms with Crippen molar-refractivity contribution in [2.75, 3.05) is 11.9 Å². The molecule has 3 aromatic heterocycles. The lowest BCUT2D eigenvalue weighted by Gasteiger charge is -2.35. The van der Waals surface area contributed by atoms with Gasteiger partial charge in [0.1, 0.15) is 17.3 Å². The summed E-state index contributed by atoms with van der Waals surface area (Å²) in [5.41, 5.74) is 5.33. The first-order chi connectivity index (χ1) is 21.7. The van der Waals surface area contributed by atoms with Crippen LogP contribution in [0, 0.1) is 5.92 Å². The number of hydrogen-bond acceptors (Lipinski definition) is 8. The smallest absolute Gasteiger partial charge is 0.262 e. The van der Waals surface area contributed by atoms with Crippen molar-refractivity contribution in [3.8, 4) is 11.3 Å². The molecule has 2 aliphatic heterocycles. The fourth-order valence-electron chi connectivity index (χ4n) is 6.79. The molecule has 12 nitrogen and oxygen atoms in total. The first-order valence-corrected chi connectivity index (χ1v) is 15.8. The van der Waals surface area contributed by atoms with Gasteiger partial charge in [-0.15, -0.1) is 0 Å². The number of nitrogens with zero attached hydrogens (tertiary/aromatic N) is 6. The minimum atomic E-state index is -0.970. The van der Waals surface area contributed by atoms with Crippen molar-refractivity contribution in [3.05, 3.63) is 59.7 Å². The maximum absolute atomic E-state index is 13.2. The van der Waals surface area contributed by atoms with Crippen LogP contribution < -0.4 is 10.6 Å². The van der Waals surface area contributed by atoms with E-state index >= 15 is 0 Å². The number of hydrogen-bond donors (Lipinski definition) is 2. The van der Waals surface area contributed by atoms with E-state index in [1.807, 2.05) is 16.9 Å². The van der Waals surface area contributed by atoms with Crippen LogP contribution in [0.4, 0.5) is 5.69 Å². The number of fused-ring (bicyclic) bond motifs is 2. The van der Waals surface area contributed by atoms with Gasteiger partial charge in [0, 0.05) is 60.2 Å². The molecule has 1 aromatic carbocycles. The van der Waals surface area contributed by atoms with Gasteiger partial charge in [-0.3, -0.25) is 43.7 Å². The van der Waals surface area contributed by atoms with E-state index in [0.717, 1.165) is 70.7 Å². The van der Waals surface area contributed by atoms with Gasteiger partial charge in [-0.05, 0) is 76.1 Å². The van der Waals surface area contributed by atoms with Crippen molar-refractivity contribution in [1.29, 1.82) is 0 Å². The minimum absolute atomic E-state index is 0.0947. The summed E-state index contributed by atoms with van der Waals surface area (Å²) in [6.45, 7) is 4.97. The molecule has 0 radical (unpaired) electrons. The third-order valence-corrected chi connectivity index (χ3v) is 9.57. The zero-order chi connectivity index (χ0) is 31.0. The molecular formula is C33H34N8O4. The predicted octanol–water partition coefficient (Wildman–Crippen LogP) is 4.22. The van der Waals surface area contributed by atoms with Crippen LogP contribution in [-0.4, -0.2) is 65.7 Å². The number of carbonyl (C=O) groups is 4. The number of imide groups is 2. The number of anilines is 1. The van der Waals surface area contributed by atoms with Gasteiger partial charge in [-0.1, -0.05) is 0 Å². The molecule has 5 heterocycles. The number of nitrogens with one attached hydrogen (secondary N) is 2. The van der Waals surface area contributed by atoms with Crippen LogP contribution in [0.5, 0.6) is 0 Å². The van der Waals surface area contributed by atoms with Crippen LogP contribution in [0.1, 0.15) is 96.8 Å². The van der Waals surface area contributed by atoms with E-state index in [1.165, 1.54) is 0 Å². The van der Waals surface area contributed by atoms with E-state index in [-0.39, 0.29) is 30.0 Å². The quantitative estimate of drug-likeness (QED) is 0.284. The molecule has 3 fully saturated rings. The molecule has 0 spiro atoms. The number of benzene rings is 1. The molecule has 1 saturated heterocycles. The van der Waals surface area contributed by atoms with Crippen LogP contribution in [0.2, 0.25) is 0 Å². The van der Waals surface area contributed by atoms with E-state index in [2.05, 4.69) is 41.6 Å². The Kier molecular flexibility index (Phi) is 6.36. The molecule has 2 aliphatic carbocycles. The van der Waals surface area contributed by atoms with Gasteiger partial charge in [0.05, 0.1) is 22.9 Å². The highest BCUT2D eigenvalue weighted by molar-refractivity contribution is 6.23. The summed E-state index contributed by atoms with van der Waals surface area (Å²) in [6, 6.07) is 6.73. The second-order valence-corrected chi connectivity index (χ2v) is 13.1. The first kappa shape index (κ1) is 27.7. The Balaban J connectivity index is 0.939. The van der Waals surface area contributed by atoms with Crippen LogP contribution in [0.25, 0.3) is 22.2 Å². The zero-order valence-electron chi connectivity index (χ0n) is 25.2. The van der Waals surface area contributed by atoms with Crippen LogP contribution in [0.15, 0.2) is 42.9 Å². The van der Waals surface area contributed by atoms with Crippen molar-refractivity contribution in [2.45, 2.75) is 76.4 Å². The first-order valence-electron chi connectivity index (χ1n) is 15.8. The van der Waals surface area contributed by atoms with E-state index in [9.17, 15) is 19.2 Å². The maximum atomic E-state index is 13.2. The summed E-state index contributed by atoms with van der Waals surface area (Å²) in [7, 11) is 0. The molecule has 12 heteroatoms. The largest absolute Gasteiger partial charge is 0.385 e. The number of pyridine rings is 1. The molecule has 1 unspecified atom stereocenters. The van der Waals surface area contributed by atoms with Gasteiger partial charge < -0.3 is 5.32 Å². The molecule has 8 rings (SSSR count). The second-order valence-electron chi connectivity index (χ2n) is 13.1. The van der Waals surface area contributed by atoms with Gasteiger partial charge in [0.15, 0.2) is 0 Å². The summed E-state index contributed by atoms with van der Waals surface area (Å²) in [5.74, 6) is -1.09. The molecule has 4 amide bonds. The third kappa shape index (κ3) is 4.70. The van der Waals surface area contributed by atoms with Crippen molar-refractivity contribution < 1.29 is 19.2 Å². The van der Waals surface area contributed by atoms with Gasteiger partial charge in [0.2, 0.25) is 11.8 Å². The number of rotatable bonds is 8. The number of aromatic nitrogens is 5. The highest BCUT2D eigenvalue weighted by atomic mass is 16.2. The Morgan fingerprint density at radius 2 is 1.76 bits per heavy atom. The molecular weight excluding hydrogens is 572 g/mol. The van der Waals surface area contributed by atoms with Gasteiger partial charge in [-0.2, -0.15) is 10.2 Å². The highest BCUT2D eigenvalue weighted by Gasteiger charge is 2.44. The fourth-order valence-corrected chi connectivity index (χ4v) is 6.79. The Labute approximate surface area is 259 Å². The summed E-state index contributed by atoms with van der Waals surface area (Å²) in [6.07, 6.45) is 10.6. The van der Waals surface area contributed by atoms with Gasteiger partial charge >= 0.3 is 0 Å². The van der Waals surface area contributed by atoms with Crippen molar-refractivity contribution in [2.24, 2.45) is 5.92 Å². The fraction of sp³-hybridized carbons (Fsp3) is 0.424. The average Bonchev–Trinajstić information content (AvgIpc) is 3.50. The van der Waals surface area contributed by atoms with Crippen molar-refractivity contribution >= 4 is 40.2 Å². The summed E-state index contributed by atoms with van der Waals surface area (Å²) in [4.78, 5) is 55.8. The van der Waals surface area contributed by atoms with E-state index in [0.29, 0.717) is 17.9 Å². The van der Waals surface area contributed by atoms with Crippen LogP contribution in [0.3, 0.4) is 0 Å². The Bertz CT molecular complexity index is 1900. The standard InChI is InChI=1S/C33H34N8O4/c1-17(2)39-15-20-9-10-34-30(29(20)38-39)25-16-40(37-28(25)19-3-4-19)22-11-18(12-22)14-35-21-5-6-23-24(13-21)33(45)41(32(23)44)26-7-8-27(42)36-31(26)43/h5-6,9-10,13,15-19,22,26,35H,3-4,7-8,11-12,14H2,1-2H3,(H,36,42,43). The average molecular weight is 607 g/mol. The van der Waals surface area contributed by atoms with E-state index in [4.69, 9.17) is 15.2 Å². The molecule has 0 bridgehead atoms. The Morgan fingerprint density at radius 1 is 0.956 bits per heavy atom. The van der Waals surface area contributed by atoms with Gasteiger partial charge in [-0.25, -0.2) is 0 Å².